The molecule has 0 atom stereocenters. The van der Waals surface area contributed by atoms with E-state index in [1.54, 1.807) is 19.4 Å². The fourth-order valence-corrected chi connectivity index (χ4v) is 1.83. The number of pyridine rings is 1. The number of nitrogens with zero attached hydrogens (tertiary/aromatic N) is 1. The van der Waals surface area contributed by atoms with Gasteiger partial charge < -0.3 is 10.1 Å². The van der Waals surface area contributed by atoms with Crippen molar-refractivity contribution in [3.05, 3.63) is 54.2 Å². The van der Waals surface area contributed by atoms with Crippen LogP contribution in [0.1, 0.15) is 16.8 Å². The van der Waals surface area contributed by atoms with E-state index >= 15 is 0 Å². The van der Waals surface area contributed by atoms with E-state index in [4.69, 9.17) is 4.74 Å². The van der Waals surface area contributed by atoms with Crippen molar-refractivity contribution in [2.45, 2.75) is 6.42 Å². The average Bonchev–Trinajstić information content (AvgIpc) is 2.52. The molecule has 1 N–H and O–H groups in total. The second kappa shape index (κ2) is 7.40. The molecular weight excluding hydrogens is 252 g/mol. The molecule has 0 saturated carbocycles. The van der Waals surface area contributed by atoms with Gasteiger partial charge in [0.1, 0.15) is 0 Å². The molecule has 1 amide bonds. The lowest BCUT2D eigenvalue weighted by molar-refractivity contribution is 0.0948. The molecule has 0 spiro atoms. The lowest BCUT2D eigenvalue weighted by atomic mass is 10.1. The second-order valence-electron chi connectivity index (χ2n) is 4.40. The smallest absolute Gasteiger partial charge is 0.252 e. The molecule has 0 aliphatic heterocycles. The van der Waals surface area contributed by atoms with Crippen molar-refractivity contribution < 1.29 is 9.53 Å². The van der Waals surface area contributed by atoms with Gasteiger partial charge in [0.25, 0.3) is 5.91 Å². The highest BCUT2D eigenvalue weighted by Gasteiger charge is 2.06. The summed E-state index contributed by atoms with van der Waals surface area (Å²) in [6, 6.07) is 13.5. The van der Waals surface area contributed by atoms with Gasteiger partial charge in [-0.2, -0.15) is 0 Å². The Morgan fingerprint density at radius 1 is 1.20 bits per heavy atom. The van der Waals surface area contributed by atoms with Crippen LogP contribution in [-0.2, 0) is 4.74 Å². The number of benzene rings is 1. The number of hydrogen-bond acceptors (Lipinski definition) is 3. The Balaban J connectivity index is 1.96. The number of amides is 1. The normalized spacial score (nSPS) is 10.2. The molecule has 1 heterocycles. The van der Waals surface area contributed by atoms with Gasteiger partial charge in [-0.25, -0.2) is 0 Å². The molecule has 0 radical (unpaired) electrons. The van der Waals surface area contributed by atoms with Crippen LogP contribution in [0.5, 0.6) is 0 Å². The van der Waals surface area contributed by atoms with Gasteiger partial charge in [0.05, 0.1) is 11.3 Å². The molecule has 4 heteroatoms. The van der Waals surface area contributed by atoms with Crippen LogP contribution in [0.4, 0.5) is 0 Å². The Bertz CT molecular complexity index is 538. The molecule has 0 saturated heterocycles. The molecule has 1 aromatic heterocycles. The van der Waals surface area contributed by atoms with Gasteiger partial charge in [0.2, 0.25) is 0 Å². The van der Waals surface area contributed by atoms with Crippen molar-refractivity contribution in [1.82, 2.24) is 10.3 Å². The Morgan fingerprint density at radius 3 is 2.65 bits per heavy atom. The van der Waals surface area contributed by atoms with Crippen LogP contribution in [0.3, 0.4) is 0 Å². The van der Waals surface area contributed by atoms with E-state index in [1.807, 2.05) is 36.4 Å². The molecule has 0 fully saturated rings. The molecule has 0 aliphatic carbocycles. The lowest BCUT2D eigenvalue weighted by Gasteiger charge is -2.05. The Kier molecular flexibility index (Phi) is 5.26. The Morgan fingerprint density at radius 2 is 2.00 bits per heavy atom. The summed E-state index contributed by atoms with van der Waals surface area (Å²) in [5.41, 5.74) is 2.48. The van der Waals surface area contributed by atoms with E-state index in [2.05, 4.69) is 10.3 Å². The first kappa shape index (κ1) is 14.2. The van der Waals surface area contributed by atoms with Gasteiger partial charge in [-0.3, -0.25) is 9.78 Å². The summed E-state index contributed by atoms with van der Waals surface area (Å²) >= 11 is 0. The summed E-state index contributed by atoms with van der Waals surface area (Å²) in [5, 5.41) is 2.83. The summed E-state index contributed by atoms with van der Waals surface area (Å²) in [6.07, 6.45) is 2.41. The first-order chi connectivity index (χ1) is 9.81. The van der Waals surface area contributed by atoms with Crippen LogP contribution in [0, 0.1) is 0 Å². The minimum atomic E-state index is -0.104. The number of carbonyl (C=O) groups is 1. The summed E-state index contributed by atoms with van der Waals surface area (Å²) < 4.78 is 4.93. The van der Waals surface area contributed by atoms with Gasteiger partial charge in [-0.15, -0.1) is 0 Å². The maximum atomic E-state index is 11.9. The molecule has 0 unspecified atom stereocenters. The van der Waals surface area contributed by atoms with E-state index < -0.39 is 0 Å². The zero-order valence-electron chi connectivity index (χ0n) is 11.5. The molecule has 4 nitrogen and oxygen atoms in total. The first-order valence-electron chi connectivity index (χ1n) is 6.60. The van der Waals surface area contributed by atoms with Crippen LogP contribution in [0.25, 0.3) is 11.3 Å². The summed E-state index contributed by atoms with van der Waals surface area (Å²) in [5.74, 6) is -0.104. The third kappa shape index (κ3) is 3.90. The van der Waals surface area contributed by atoms with E-state index in [0.29, 0.717) is 18.7 Å². The minimum absolute atomic E-state index is 0.104. The van der Waals surface area contributed by atoms with Gasteiger partial charge in [0, 0.05) is 32.0 Å². The molecule has 0 aliphatic rings. The highest BCUT2D eigenvalue weighted by Crippen LogP contribution is 2.16. The molecule has 2 aromatic rings. The third-order valence-electron chi connectivity index (χ3n) is 2.91. The van der Waals surface area contributed by atoms with Crippen LogP contribution < -0.4 is 5.32 Å². The van der Waals surface area contributed by atoms with Crippen molar-refractivity contribution in [3.8, 4) is 11.3 Å². The van der Waals surface area contributed by atoms with Crippen LogP contribution in [0.15, 0.2) is 48.7 Å². The summed E-state index contributed by atoms with van der Waals surface area (Å²) in [7, 11) is 1.65. The average molecular weight is 270 g/mol. The number of ether oxygens (including phenoxy) is 1. The number of methoxy groups -OCH3 is 1. The predicted octanol–water partition coefficient (Wildman–Crippen LogP) is 2.51. The Hall–Kier alpha value is -2.20. The van der Waals surface area contributed by atoms with E-state index in [0.717, 1.165) is 17.7 Å². The van der Waals surface area contributed by atoms with E-state index in [1.165, 1.54) is 0 Å². The molecule has 0 bridgehead atoms. The third-order valence-corrected chi connectivity index (χ3v) is 2.91. The number of nitrogens with one attached hydrogen (secondary N) is 1. The van der Waals surface area contributed by atoms with Gasteiger partial charge in [0.15, 0.2) is 0 Å². The van der Waals surface area contributed by atoms with Crippen molar-refractivity contribution in [2.24, 2.45) is 0 Å². The molecule has 20 heavy (non-hydrogen) atoms. The topological polar surface area (TPSA) is 51.2 Å². The molecule has 104 valence electrons. The van der Waals surface area contributed by atoms with Crippen molar-refractivity contribution in [3.63, 3.8) is 0 Å². The predicted molar refractivity (Wildman–Crippen MR) is 78.5 cm³/mol. The summed E-state index contributed by atoms with van der Waals surface area (Å²) in [4.78, 5) is 16.2. The number of rotatable bonds is 6. The van der Waals surface area contributed by atoms with Gasteiger partial charge in [-0.1, -0.05) is 30.3 Å². The maximum Gasteiger partial charge on any atom is 0.252 e. The monoisotopic (exact) mass is 270 g/mol. The van der Waals surface area contributed by atoms with Crippen LogP contribution >= 0.6 is 0 Å². The first-order valence-corrected chi connectivity index (χ1v) is 6.60. The number of carbonyl (C=O) groups excluding carboxylic acids is 1. The lowest BCUT2D eigenvalue weighted by Crippen LogP contribution is -2.25. The highest BCUT2D eigenvalue weighted by molar-refractivity contribution is 5.94. The maximum absolute atomic E-state index is 11.9. The van der Waals surface area contributed by atoms with Gasteiger partial charge in [-0.05, 0) is 18.6 Å². The number of aromatic nitrogens is 1. The molecule has 1 aromatic carbocycles. The molecule has 2 rings (SSSR count). The van der Waals surface area contributed by atoms with Crippen LogP contribution in [-0.4, -0.2) is 31.2 Å². The highest BCUT2D eigenvalue weighted by atomic mass is 16.5. The van der Waals surface area contributed by atoms with Gasteiger partial charge >= 0.3 is 0 Å². The number of hydrogen-bond donors (Lipinski definition) is 1. The fraction of sp³-hybridized carbons (Fsp3) is 0.250. The zero-order chi connectivity index (χ0) is 14.2. The van der Waals surface area contributed by atoms with Crippen molar-refractivity contribution in [1.29, 1.82) is 0 Å². The Labute approximate surface area is 118 Å². The standard InChI is InChI=1S/C16H18N2O2/c1-20-11-5-10-17-16(19)14-8-9-15(18-12-14)13-6-3-2-4-7-13/h2-4,6-9,12H,5,10-11H2,1H3,(H,17,19). The van der Waals surface area contributed by atoms with Crippen LogP contribution in [0.2, 0.25) is 0 Å². The summed E-state index contributed by atoms with van der Waals surface area (Å²) in [6.45, 7) is 1.25. The molecular formula is C16H18N2O2. The van der Waals surface area contributed by atoms with Crippen molar-refractivity contribution in [2.75, 3.05) is 20.3 Å². The van der Waals surface area contributed by atoms with E-state index in [-0.39, 0.29) is 5.91 Å². The zero-order valence-corrected chi connectivity index (χ0v) is 11.5. The fourth-order valence-electron chi connectivity index (χ4n) is 1.83. The quantitative estimate of drug-likeness (QED) is 0.821. The van der Waals surface area contributed by atoms with E-state index in [9.17, 15) is 4.79 Å². The van der Waals surface area contributed by atoms with Crippen molar-refractivity contribution >= 4 is 5.91 Å². The minimum Gasteiger partial charge on any atom is -0.385 e. The second-order valence-corrected chi connectivity index (χ2v) is 4.40. The largest absolute Gasteiger partial charge is 0.385 e. The SMILES string of the molecule is COCCCNC(=O)c1ccc(-c2ccccc2)nc1.